The molecule has 3 aliphatic heterocycles. The van der Waals surface area contributed by atoms with Gasteiger partial charge >= 0.3 is 0 Å². The summed E-state index contributed by atoms with van der Waals surface area (Å²) in [6, 6.07) is 2.12. The maximum atomic E-state index is 4.72. The molecule has 3 aliphatic carbocycles. The normalized spacial score (nSPS) is 37.0. The standard InChI is InChI=1S/3C11H19N.Ir/c3*1-2-6-10(7-3-1)11-8-4-5-9-12-11;/h3*6,10-11H,1-5,7-9H2;/q3*-2;. The molecule has 0 aromatic rings. The Morgan fingerprint density at radius 1 is 0.351 bits per heavy atom. The van der Waals surface area contributed by atoms with E-state index in [9.17, 15) is 0 Å². The van der Waals surface area contributed by atoms with Crippen molar-refractivity contribution in [2.24, 2.45) is 17.8 Å². The Kier molecular flexibility index (Phi) is 17.0. The summed E-state index contributed by atoms with van der Waals surface area (Å²) in [7, 11) is 0. The molecule has 6 unspecified atom stereocenters. The largest absolute Gasteiger partial charge is 0.661 e. The van der Waals surface area contributed by atoms with Gasteiger partial charge in [0, 0.05) is 20.1 Å². The minimum absolute atomic E-state index is 0. The van der Waals surface area contributed by atoms with Crippen molar-refractivity contribution in [1.82, 2.24) is 0 Å². The van der Waals surface area contributed by atoms with Gasteiger partial charge in [-0.25, -0.2) is 0 Å². The van der Waals surface area contributed by atoms with Crippen LogP contribution in [0, 0.1) is 37.0 Å². The Hall–Kier alpha value is 0.529. The molecule has 1 radical (unpaired) electrons. The maximum Gasteiger partial charge on any atom is 0 e. The molecule has 6 aliphatic rings. The van der Waals surface area contributed by atoms with E-state index in [1.165, 1.54) is 135 Å². The molecule has 0 spiro atoms. The maximum absolute atomic E-state index is 4.72. The van der Waals surface area contributed by atoms with E-state index in [4.69, 9.17) is 16.0 Å². The topological polar surface area (TPSA) is 42.3 Å². The zero-order chi connectivity index (χ0) is 24.7. The van der Waals surface area contributed by atoms with Crippen molar-refractivity contribution in [3.63, 3.8) is 0 Å². The van der Waals surface area contributed by atoms with Crippen molar-refractivity contribution in [2.45, 2.75) is 153 Å². The number of hydrogen-bond donors (Lipinski definition) is 0. The van der Waals surface area contributed by atoms with Crippen LogP contribution in [0.2, 0.25) is 0 Å². The minimum atomic E-state index is 0. The van der Waals surface area contributed by atoms with Gasteiger partial charge in [-0.15, -0.1) is 19.6 Å². The molecule has 6 atom stereocenters. The summed E-state index contributed by atoms with van der Waals surface area (Å²) in [5.74, 6) is 2.54. The Morgan fingerprint density at radius 2 is 0.649 bits per heavy atom. The molecular weight excluding hydrogens is 631 g/mol. The first-order chi connectivity index (χ1) is 17.9. The summed E-state index contributed by atoms with van der Waals surface area (Å²) in [5.41, 5.74) is 0. The fraction of sp³-hybridized carbons (Fsp3) is 0.909. The van der Waals surface area contributed by atoms with Gasteiger partial charge in [-0.3, -0.25) is 0 Å². The van der Waals surface area contributed by atoms with E-state index in [2.05, 4.69) is 19.3 Å². The quantitative estimate of drug-likeness (QED) is 0.265. The molecule has 0 N–H and O–H groups in total. The summed E-state index contributed by atoms with van der Waals surface area (Å²) in [6.07, 6.45) is 36.8. The SMILES string of the molecule is [CH-]1CCCCC1C1CCCC[N-]1.[CH-]1CCCCC1C1CCCC[N-]1.[CH-]1CCCCC1C1CCCC[N-]1.[Ir]. The van der Waals surface area contributed by atoms with Gasteiger partial charge < -0.3 is 35.2 Å². The van der Waals surface area contributed by atoms with E-state index < -0.39 is 0 Å². The van der Waals surface area contributed by atoms with E-state index >= 15 is 0 Å². The molecule has 3 saturated heterocycles. The molecule has 3 nitrogen and oxygen atoms in total. The Morgan fingerprint density at radius 3 is 0.865 bits per heavy atom. The van der Waals surface area contributed by atoms with Crippen molar-refractivity contribution in [3.8, 4) is 0 Å². The van der Waals surface area contributed by atoms with Gasteiger partial charge in [-0.1, -0.05) is 116 Å². The number of hydrogen-bond acceptors (Lipinski definition) is 0. The van der Waals surface area contributed by atoms with Gasteiger partial charge in [0.1, 0.15) is 0 Å². The first kappa shape index (κ1) is 32.0. The summed E-state index contributed by atoms with van der Waals surface area (Å²) in [6.45, 7) is 3.40. The molecule has 0 amide bonds. The first-order valence-electron chi connectivity index (χ1n) is 16.4. The Balaban J connectivity index is 0.000000152. The van der Waals surface area contributed by atoms with Crippen LogP contribution in [0.25, 0.3) is 16.0 Å². The van der Waals surface area contributed by atoms with Crippen LogP contribution in [0.4, 0.5) is 0 Å². The van der Waals surface area contributed by atoms with Gasteiger partial charge in [0.05, 0.1) is 0 Å². The summed E-state index contributed by atoms with van der Waals surface area (Å²) in [4.78, 5) is 0. The van der Waals surface area contributed by atoms with Crippen molar-refractivity contribution in [3.05, 3.63) is 35.2 Å². The van der Waals surface area contributed by atoms with Crippen LogP contribution in [0.5, 0.6) is 0 Å². The van der Waals surface area contributed by atoms with Crippen LogP contribution in [0.3, 0.4) is 0 Å². The molecule has 0 bridgehead atoms. The molecule has 6 rings (SSSR count). The predicted molar refractivity (Wildman–Crippen MR) is 156 cm³/mol. The van der Waals surface area contributed by atoms with Crippen molar-refractivity contribution >= 4 is 0 Å². The fourth-order valence-electron chi connectivity index (χ4n) is 7.46. The molecule has 3 saturated carbocycles. The Labute approximate surface area is 245 Å². The first-order valence-corrected chi connectivity index (χ1v) is 16.4. The van der Waals surface area contributed by atoms with Crippen molar-refractivity contribution < 1.29 is 20.1 Å². The Bertz CT molecular complexity index is 398. The molecule has 4 heteroatoms. The number of piperidine rings is 3. The molecular formula is C33H57IrN3-6. The van der Waals surface area contributed by atoms with E-state index in [1.54, 1.807) is 0 Å². The molecule has 0 aromatic carbocycles. The molecule has 6 fully saturated rings. The van der Waals surface area contributed by atoms with Crippen LogP contribution in [-0.2, 0) is 20.1 Å². The van der Waals surface area contributed by atoms with Gasteiger partial charge in [0.15, 0.2) is 0 Å². The molecule has 0 aromatic heterocycles. The van der Waals surface area contributed by atoms with Crippen molar-refractivity contribution in [2.75, 3.05) is 19.6 Å². The second-order valence-corrected chi connectivity index (χ2v) is 12.5. The van der Waals surface area contributed by atoms with E-state index in [1.807, 2.05) is 0 Å². The molecule has 3 heterocycles. The predicted octanol–water partition coefficient (Wildman–Crippen LogP) is 9.92. The van der Waals surface area contributed by atoms with Crippen molar-refractivity contribution in [1.29, 1.82) is 0 Å². The van der Waals surface area contributed by atoms with Crippen LogP contribution >= 0.6 is 0 Å². The van der Waals surface area contributed by atoms with E-state index in [-0.39, 0.29) is 20.1 Å². The van der Waals surface area contributed by atoms with E-state index in [0.717, 1.165) is 37.4 Å². The second kappa shape index (κ2) is 19.6. The van der Waals surface area contributed by atoms with Crippen LogP contribution in [-0.4, -0.2) is 37.8 Å². The average molecular weight is 688 g/mol. The van der Waals surface area contributed by atoms with Crippen LogP contribution < -0.4 is 0 Å². The van der Waals surface area contributed by atoms with Gasteiger partial charge in [-0.05, 0) is 0 Å². The summed E-state index contributed by atoms with van der Waals surface area (Å²) < 4.78 is 0. The zero-order valence-electron chi connectivity index (χ0n) is 23.8. The summed E-state index contributed by atoms with van der Waals surface area (Å²) in [5, 5.41) is 14.2. The third kappa shape index (κ3) is 11.9. The minimum Gasteiger partial charge on any atom is -0.661 e. The summed E-state index contributed by atoms with van der Waals surface area (Å²) >= 11 is 0. The number of nitrogens with zero attached hydrogens (tertiary/aromatic N) is 3. The molecule has 37 heavy (non-hydrogen) atoms. The monoisotopic (exact) mass is 688 g/mol. The van der Waals surface area contributed by atoms with Gasteiger partial charge in [-0.2, -0.15) is 55.1 Å². The smallest absolute Gasteiger partial charge is 0 e. The molecule has 219 valence electrons. The van der Waals surface area contributed by atoms with Crippen LogP contribution in [0.15, 0.2) is 0 Å². The number of rotatable bonds is 3. The fourth-order valence-corrected chi connectivity index (χ4v) is 7.46. The average Bonchev–Trinajstić information content (AvgIpc) is 3.01. The van der Waals surface area contributed by atoms with Crippen LogP contribution in [0.1, 0.15) is 135 Å². The van der Waals surface area contributed by atoms with Gasteiger partial charge in [0.2, 0.25) is 0 Å². The third-order valence-electron chi connectivity index (χ3n) is 9.68. The zero-order valence-corrected chi connectivity index (χ0v) is 26.2. The second-order valence-electron chi connectivity index (χ2n) is 12.5. The third-order valence-corrected chi connectivity index (χ3v) is 9.68. The van der Waals surface area contributed by atoms with Gasteiger partial charge in [0.25, 0.3) is 0 Å². The van der Waals surface area contributed by atoms with E-state index in [0.29, 0.717) is 18.1 Å².